The lowest BCUT2D eigenvalue weighted by molar-refractivity contribution is -0.133. The minimum atomic E-state index is -1.11. The average Bonchev–Trinajstić information content (AvgIpc) is 3.74. The van der Waals surface area contributed by atoms with Crippen molar-refractivity contribution in [2.45, 2.75) is 81.8 Å². The second-order valence-electron chi connectivity index (χ2n) is 13.1. The predicted octanol–water partition coefficient (Wildman–Crippen LogP) is 4.50. The minimum absolute atomic E-state index is 0.0334. The van der Waals surface area contributed by atoms with E-state index in [1.165, 1.54) is 0 Å². The van der Waals surface area contributed by atoms with Crippen LogP contribution in [0.25, 0.3) is 11.0 Å². The van der Waals surface area contributed by atoms with Crippen LogP contribution in [0.2, 0.25) is 0 Å². The van der Waals surface area contributed by atoms with E-state index in [1.807, 2.05) is 54.6 Å². The van der Waals surface area contributed by atoms with Crippen molar-refractivity contribution in [1.82, 2.24) is 21.3 Å². The van der Waals surface area contributed by atoms with E-state index in [0.717, 1.165) is 82.2 Å². The first-order chi connectivity index (χ1) is 22.0. The molecule has 0 spiro atoms. The largest absolute Gasteiger partial charge is 0.451 e. The van der Waals surface area contributed by atoms with Gasteiger partial charge in [0, 0.05) is 31.1 Å². The summed E-state index contributed by atoms with van der Waals surface area (Å²) >= 11 is 0. The van der Waals surface area contributed by atoms with Gasteiger partial charge in [0.25, 0.3) is 5.91 Å². The summed E-state index contributed by atoms with van der Waals surface area (Å²) in [5.74, 6) is 0.163. The van der Waals surface area contributed by atoms with Crippen LogP contribution in [0.1, 0.15) is 73.9 Å². The Bertz CT molecular complexity index is 1400. The molecular weight excluding hydrogens is 568 g/mol. The number of piperidine rings is 1. The summed E-state index contributed by atoms with van der Waals surface area (Å²) in [6, 6.07) is 18.2. The third-order valence-corrected chi connectivity index (χ3v) is 10.0. The van der Waals surface area contributed by atoms with E-state index in [0.29, 0.717) is 36.7 Å². The van der Waals surface area contributed by atoms with Crippen LogP contribution in [0.5, 0.6) is 0 Å². The van der Waals surface area contributed by atoms with Crippen molar-refractivity contribution in [3.8, 4) is 0 Å². The number of ether oxygens (including phenoxy) is 1. The van der Waals surface area contributed by atoms with Gasteiger partial charge in [-0.1, -0.05) is 61.4 Å². The smallest absolute Gasteiger partial charge is 0.287 e. The lowest BCUT2D eigenvalue weighted by Gasteiger charge is -2.36. The van der Waals surface area contributed by atoms with Crippen molar-refractivity contribution in [2.75, 3.05) is 26.3 Å². The molecule has 3 aliphatic rings. The zero-order valence-corrected chi connectivity index (χ0v) is 26.0. The van der Waals surface area contributed by atoms with Crippen molar-refractivity contribution in [3.63, 3.8) is 0 Å². The Hall–Kier alpha value is -3.69. The van der Waals surface area contributed by atoms with Gasteiger partial charge in [0.1, 0.15) is 17.2 Å². The first kappa shape index (κ1) is 31.3. The summed E-state index contributed by atoms with van der Waals surface area (Å²) in [4.78, 5) is 41.8. The van der Waals surface area contributed by atoms with Gasteiger partial charge in [-0.3, -0.25) is 14.4 Å². The van der Waals surface area contributed by atoms with E-state index >= 15 is 0 Å². The van der Waals surface area contributed by atoms with E-state index in [-0.39, 0.29) is 23.6 Å². The van der Waals surface area contributed by atoms with Crippen LogP contribution >= 0.6 is 0 Å². The van der Waals surface area contributed by atoms with E-state index in [1.54, 1.807) is 6.07 Å². The van der Waals surface area contributed by atoms with Crippen LogP contribution in [0, 0.1) is 11.8 Å². The summed E-state index contributed by atoms with van der Waals surface area (Å²) in [6.45, 7) is 3.43. The molecule has 3 heterocycles. The molecule has 3 fully saturated rings. The molecule has 240 valence electrons. The quantitative estimate of drug-likeness (QED) is 0.252. The fourth-order valence-corrected chi connectivity index (χ4v) is 7.36. The van der Waals surface area contributed by atoms with Crippen LogP contribution in [-0.4, -0.2) is 61.6 Å². The second-order valence-corrected chi connectivity index (χ2v) is 13.1. The molecule has 9 heteroatoms. The molecule has 4 N–H and O–H groups in total. The van der Waals surface area contributed by atoms with Gasteiger partial charge in [-0.25, -0.2) is 0 Å². The number of hydrogen-bond donors (Lipinski definition) is 4. The molecule has 0 radical (unpaired) electrons. The Labute approximate surface area is 265 Å². The van der Waals surface area contributed by atoms with Crippen molar-refractivity contribution in [2.24, 2.45) is 11.8 Å². The molecule has 2 aliphatic heterocycles. The summed E-state index contributed by atoms with van der Waals surface area (Å²) < 4.78 is 11.4. The van der Waals surface area contributed by atoms with Gasteiger partial charge in [0.05, 0.1) is 0 Å². The number of rotatable bonds is 11. The van der Waals surface area contributed by atoms with Gasteiger partial charge in [-0.05, 0) is 87.6 Å². The first-order valence-electron chi connectivity index (χ1n) is 16.7. The minimum Gasteiger partial charge on any atom is -0.451 e. The number of amides is 3. The SMILES string of the molecule is O=C(NC1(C(=O)NC(Cc2ccccc2)C(=O)N[C@H](CC2CCOCC2)C2CCNCC2)CCCC1)c1cc2ccccc2o1. The number of benzene rings is 2. The molecule has 9 nitrogen and oxygen atoms in total. The second kappa shape index (κ2) is 14.6. The Morgan fingerprint density at radius 1 is 0.889 bits per heavy atom. The molecular formula is C36H46N4O5. The standard InChI is InChI=1S/C36H46N4O5/c41-33(38-29(27-12-18-37-19-13-27)22-26-14-20-44-21-15-26)30(23-25-8-2-1-3-9-25)39-35(43)36(16-6-7-17-36)40-34(42)32-24-28-10-4-5-11-31(28)45-32/h1-5,8-11,24,26-27,29-30,37H,6-7,12-23H2,(H,38,41)(H,39,43)(H,40,42)/t29-,30?/m1/s1. The Kier molecular flexibility index (Phi) is 10.2. The van der Waals surface area contributed by atoms with Gasteiger partial charge >= 0.3 is 0 Å². The fraction of sp³-hybridized carbons (Fsp3) is 0.528. The molecule has 1 saturated carbocycles. The number of nitrogens with one attached hydrogen (secondary N) is 4. The number of hydrogen-bond acceptors (Lipinski definition) is 6. The molecule has 0 bridgehead atoms. The molecule has 6 rings (SSSR count). The highest BCUT2D eigenvalue weighted by molar-refractivity contribution is 6.01. The lowest BCUT2D eigenvalue weighted by Crippen LogP contribution is -2.62. The molecule has 3 amide bonds. The number of carbonyl (C=O) groups excluding carboxylic acids is 3. The average molecular weight is 615 g/mol. The van der Waals surface area contributed by atoms with Crippen LogP contribution < -0.4 is 21.3 Å². The highest BCUT2D eigenvalue weighted by atomic mass is 16.5. The van der Waals surface area contributed by atoms with Gasteiger partial charge in [-0.15, -0.1) is 0 Å². The number of furan rings is 1. The summed E-state index contributed by atoms with van der Waals surface area (Å²) in [5, 5.41) is 13.8. The highest BCUT2D eigenvalue weighted by Gasteiger charge is 2.44. The van der Waals surface area contributed by atoms with Crippen LogP contribution in [-0.2, 0) is 20.7 Å². The molecule has 3 aromatic rings. The number of carbonyl (C=O) groups is 3. The fourth-order valence-electron chi connectivity index (χ4n) is 7.36. The van der Waals surface area contributed by atoms with Gasteiger partial charge < -0.3 is 30.4 Å². The van der Waals surface area contributed by atoms with Crippen LogP contribution in [0.4, 0.5) is 0 Å². The van der Waals surface area contributed by atoms with Gasteiger partial charge in [-0.2, -0.15) is 0 Å². The van der Waals surface area contributed by atoms with E-state index in [4.69, 9.17) is 9.15 Å². The monoisotopic (exact) mass is 614 g/mol. The lowest BCUT2D eigenvalue weighted by atomic mass is 9.82. The normalized spacial score (nSPS) is 20.4. The maximum Gasteiger partial charge on any atom is 0.287 e. The van der Waals surface area contributed by atoms with Crippen molar-refractivity contribution in [1.29, 1.82) is 0 Å². The molecule has 1 aliphatic carbocycles. The number of fused-ring (bicyclic) bond motifs is 1. The zero-order valence-electron chi connectivity index (χ0n) is 26.0. The van der Waals surface area contributed by atoms with E-state index < -0.39 is 17.5 Å². The molecule has 2 saturated heterocycles. The summed E-state index contributed by atoms with van der Waals surface area (Å²) in [6.07, 6.45) is 7.97. The third-order valence-electron chi connectivity index (χ3n) is 10.0. The van der Waals surface area contributed by atoms with E-state index in [2.05, 4.69) is 21.3 Å². The van der Waals surface area contributed by atoms with Crippen molar-refractivity contribution in [3.05, 3.63) is 72.0 Å². The summed E-state index contributed by atoms with van der Waals surface area (Å²) in [7, 11) is 0. The van der Waals surface area contributed by atoms with Crippen LogP contribution in [0.3, 0.4) is 0 Å². The third kappa shape index (κ3) is 7.76. The molecule has 1 unspecified atom stereocenters. The zero-order chi connectivity index (χ0) is 31.1. The van der Waals surface area contributed by atoms with Gasteiger partial charge in [0.15, 0.2) is 5.76 Å². The van der Waals surface area contributed by atoms with Crippen molar-refractivity contribution < 1.29 is 23.5 Å². The molecule has 45 heavy (non-hydrogen) atoms. The molecule has 2 atom stereocenters. The van der Waals surface area contributed by atoms with E-state index in [9.17, 15) is 14.4 Å². The van der Waals surface area contributed by atoms with Crippen LogP contribution in [0.15, 0.2) is 65.1 Å². The highest BCUT2D eigenvalue weighted by Crippen LogP contribution is 2.32. The van der Waals surface area contributed by atoms with Crippen molar-refractivity contribution >= 4 is 28.7 Å². The molecule has 1 aromatic heterocycles. The maximum absolute atomic E-state index is 14.2. The predicted molar refractivity (Wildman–Crippen MR) is 173 cm³/mol. The Balaban J connectivity index is 1.20. The molecule has 2 aromatic carbocycles. The first-order valence-corrected chi connectivity index (χ1v) is 16.7. The Morgan fingerprint density at radius 3 is 2.33 bits per heavy atom. The number of para-hydroxylation sites is 1. The topological polar surface area (TPSA) is 122 Å². The summed E-state index contributed by atoms with van der Waals surface area (Å²) in [5.41, 5.74) is 0.478. The Morgan fingerprint density at radius 2 is 1.60 bits per heavy atom. The maximum atomic E-state index is 14.2. The van der Waals surface area contributed by atoms with Gasteiger partial charge in [0.2, 0.25) is 11.8 Å².